The van der Waals surface area contributed by atoms with Gasteiger partial charge in [0.2, 0.25) is 11.8 Å². The van der Waals surface area contributed by atoms with E-state index in [2.05, 4.69) is 4.98 Å². The summed E-state index contributed by atoms with van der Waals surface area (Å²) in [5, 5.41) is 0. The predicted molar refractivity (Wildman–Crippen MR) is 93.8 cm³/mol. The molecule has 3 rings (SSSR count). The zero-order chi connectivity index (χ0) is 16.9. The van der Waals surface area contributed by atoms with E-state index in [0.717, 1.165) is 16.8 Å². The number of nitrogens with zero attached hydrogens (tertiary/aromatic N) is 2. The van der Waals surface area contributed by atoms with E-state index in [1.54, 1.807) is 18.7 Å². The first-order valence-electron chi connectivity index (χ1n) is 7.96. The Morgan fingerprint density at radius 2 is 1.58 bits per heavy atom. The number of hydrogen-bond acceptors (Lipinski definition) is 3. The van der Waals surface area contributed by atoms with Crippen LogP contribution in [0.5, 0.6) is 0 Å². The Labute approximate surface area is 141 Å². The minimum absolute atomic E-state index is 0.0654. The second-order valence-corrected chi connectivity index (χ2v) is 5.74. The number of carbonyl (C=O) groups excluding carboxylic acids is 1. The highest BCUT2D eigenvalue weighted by Crippen LogP contribution is 2.26. The first kappa shape index (κ1) is 16.0. The second kappa shape index (κ2) is 7.13. The second-order valence-electron chi connectivity index (χ2n) is 5.74. The lowest BCUT2D eigenvalue weighted by Gasteiger charge is -2.19. The Bertz CT molecular complexity index is 810. The highest BCUT2D eigenvalue weighted by Gasteiger charge is 2.22. The Morgan fingerprint density at radius 1 is 1.00 bits per heavy atom. The number of anilines is 1. The number of hydrogen-bond donors (Lipinski definition) is 0. The van der Waals surface area contributed by atoms with Crippen LogP contribution in [0.3, 0.4) is 0 Å². The molecule has 24 heavy (non-hydrogen) atoms. The van der Waals surface area contributed by atoms with Crippen LogP contribution in [0.25, 0.3) is 0 Å². The van der Waals surface area contributed by atoms with Gasteiger partial charge in [0, 0.05) is 20.3 Å². The lowest BCUT2D eigenvalue weighted by Crippen LogP contribution is -2.28. The van der Waals surface area contributed by atoms with Gasteiger partial charge in [0.05, 0.1) is 6.54 Å². The fourth-order valence-electron chi connectivity index (χ4n) is 2.67. The zero-order valence-electron chi connectivity index (χ0n) is 13.9. The molecule has 0 fully saturated rings. The van der Waals surface area contributed by atoms with Crippen molar-refractivity contribution in [1.82, 2.24) is 4.98 Å². The molecule has 1 aromatic heterocycles. The smallest absolute Gasteiger partial charge is 0.226 e. The van der Waals surface area contributed by atoms with Crippen molar-refractivity contribution in [2.45, 2.75) is 26.8 Å². The molecule has 0 aliphatic carbocycles. The quantitative estimate of drug-likeness (QED) is 0.710. The Kier molecular flexibility index (Phi) is 4.75. The Hall–Kier alpha value is -2.88. The van der Waals surface area contributed by atoms with Crippen LogP contribution in [0, 0.1) is 6.92 Å². The molecule has 0 saturated carbocycles. The van der Waals surface area contributed by atoms with Crippen LogP contribution in [0.2, 0.25) is 0 Å². The maximum atomic E-state index is 12.2. The van der Waals surface area contributed by atoms with Crippen LogP contribution in [0.15, 0.2) is 65.1 Å². The third-order valence-electron chi connectivity index (χ3n) is 3.81. The third kappa shape index (κ3) is 3.71. The lowest BCUT2D eigenvalue weighted by molar-refractivity contribution is -0.116. The van der Waals surface area contributed by atoms with Gasteiger partial charge in [-0.05, 0) is 11.1 Å². The van der Waals surface area contributed by atoms with Crippen LogP contribution >= 0.6 is 0 Å². The van der Waals surface area contributed by atoms with E-state index in [1.165, 1.54) is 0 Å². The molecular formula is C20H20N2O2. The monoisotopic (exact) mass is 320 g/mol. The number of aromatic nitrogens is 1. The molecule has 3 aromatic rings. The largest absolute Gasteiger partial charge is 0.425 e. The van der Waals surface area contributed by atoms with Gasteiger partial charge in [-0.15, -0.1) is 0 Å². The van der Waals surface area contributed by atoms with Crippen molar-refractivity contribution < 1.29 is 9.21 Å². The number of oxazole rings is 1. The molecule has 0 aliphatic rings. The van der Waals surface area contributed by atoms with Gasteiger partial charge in [0.1, 0.15) is 5.69 Å². The summed E-state index contributed by atoms with van der Waals surface area (Å²) in [7, 11) is 0. The van der Waals surface area contributed by atoms with Crippen LogP contribution < -0.4 is 4.90 Å². The zero-order valence-corrected chi connectivity index (χ0v) is 13.9. The maximum absolute atomic E-state index is 12.2. The molecule has 0 aliphatic heterocycles. The lowest BCUT2D eigenvalue weighted by atomic mass is 10.1. The van der Waals surface area contributed by atoms with Crippen molar-refractivity contribution >= 4 is 11.8 Å². The number of amides is 1. The number of aryl methyl sites for hydroxylation is 1. The molecule has 4 nitrogen and oxygen atoms in total. The van der Waals surface area contributed by atoms with Crippen LogP contribution in [-0.4, -0.2) is 10.9 Å². The van der Waals surface area contributed by atoms with E-state index >= 15 is 0 Å². The van der Waals surface area contributed by atoms with Gasteiger partial charge in [-0.1, -0.05) is 60.7 Å². The minimum atomic E-state index is -0.0654. The molecule has 0 bridgehead atoms. The first-order valence-corrected chi connectivity index (χ1v) is 7.96. The molecule has 1 amide bonds. The van der Waals surface area contributed by atoms with Gasteiger partial charge in [0.25, 0.3) is 0 Å². The average molecular weight is 320 g/mol. The average Bonchev–Trinajstić information content (AvgIpc) is 2.94. The molecule has 0 N–H and O–H groups in total. The van der Waals surface area contributed by atoms with Crippen molar-refractivity contribution in [2.75, 3.05) is 4.90 Å². The van der Waals surface area contributed by atoms with Crippen molar-refractivity contribution in [1.29, 1.82) is 0 Å². The van der Waals surface area contributed by atoms with Crippen LogP contribution in [-0.2, 0) is 17.8 Å². The van der Waals surface area contributed by atoms with E-state index < -0.39 is 0 Å². The maximum Gasteiger partial charge on any atom is 0.226 e. The highest BCUT2D eigenvalue weighted by molar-refractivity contribution is 5.90. The topological polar surface area (TPSA) is 46.3 Å². The summed E-state index contributed by atoms with van der Waals surface area (Å²) in [4.78, 5) is 18.3. The summed E-state index contributed by atoms with van der Waals surface area (Å²) in [5.41, 5.74) is 2.97. The van der Waals surface area contributed by atoms with Crippen LogP contribution in [0.4, 0.5) is 5.88 Å². The van der Waals surface area contributed by atoms with Crippen molar-refractivity contribution in [3.05, 3.63) is 83.4 Å². The molecular weight excluding hydrogens is 300 g/mol. The summed E-state index contributed by atoms with van der Waals surface area (Å²) in [6, 6.07) is 19.9. The van der Waals surface area contributed by atoms with Gasteiger partial charge in [-0.3, -0.25) is 9.69 Å². The van der Waals surface area contributed by atoms with Crippen molar-refractivity contribution in [3.63, 3.8) is 0 Å². The van der Waals surface area contributed by atoms with E-state index in [9.17, 15) is 4.79 Å². The Morgan fingerprint density at radius 3 is 2.17 bits per heavy atom. The standard InChI is InChI=1S/C20H20N2O2/c1-15-21-19(13-17-9-5-3-6-10-17)20(24-15)22(16(2)23)14-18-11-7-4-8-12-18/h3-12H,13-14H2,1-2H3. The fraction of sp³-hybridized carbons (Fsp3) is 0.200. The van der Waals surface area contributed by atoms with Crippen LogP contribution in [0.1, 0.15) is 29.6 Å². The van der Waals surface area contributed by atoms with Gasteiger partial charge in [-0.25, -0.2) is 4.98 Å². The van der Waals surface area contributed by atoms with Crippen molar-refractivity contribution in [2.24, 2.45) is 0 Å². The van der Waals surface area contributed by atoms with Gasteiger partial charge >= 0.3 is 0 Å². The number of benzene rings is 2. The molecule has 0 radical (unpaired) electrons. The minimum Gasteiger partial charge on any atom is -0.425 e. The van der Waals surface area contributed by atoms with E-state index in [0.29, 0.717) is 24.7 Å². The molecule has 122 valence electrons. The normalized spacial score (nSPS) is 10.6. The summed E-state index contributed by atoms with van der Waals surface area (Å²) in [5.74, 6) is 1.03. The van der Waals surface area contributed by atoms with Gasteiger partial charge < -0.3 is 4.42 Å². The summed E-state index contributed by atoms with van der Waals surface area (Å²) < 4.78 is 5.78. The van der Waals surface area contributed by atoms with E-state index in [-0.39, 0.29) is 5.91 Å². The summed E-state index contributed by atoms with van der Waals surface area (Å²) >= 11 is 0. The SMILES string of the molecule is CC(=O)N(Cc1ccccc1)c1oc(C)nc1Cc1ccccc1. The van der Waals surface area contributed by atoms with Gasteiger partial charge in [0.15, 0.2) is 5.89 Å². The first-order chi connectivity index (χ1) is 11.6. The summed E-state index contributed by atoms with van der Waals surface area (Å²) in [6.07, 6.45) is 0.631. The molecule has 1 heterocycles. The fourth-order valence-corrected chi connectivity index (χ4v) is 2.67. The predicted octanol–water partition coefficient (Wildman–Crippen LogP) is 4.13. The number of rotatable bonds is 5. The molecule has 2 aromatic carbocycles. The molecule has 0 unspecified atom stereocenters. The van der Waals surface area contributed by atoms with E-state index in [1.807, 2.05) is 60.7 Å². The Balaban J connectivity index is 1.92. The highest BCUT2D eigenvalue weighted by atomic mass is 16.4. The number of carbonyl (C=O) groups is 1. The van der Waals surface area contributed by atoms with Gasteiger partial charge in [-0.2, -0.15) is 0 Å². The molecule has 4 heteroatoms. The summed E-state index contributed by atoms with van der Waals surface area (Å²) in [6.45, 7) is 3.82. The van der Waals surface area contributed by atoms with E-state index in [4.69, 9.17) is 4.42 Å². The molecule has 0 saturated heterocycles. The molecule has 0 spiro atoms. The molecule has 0 atom stereocenters. The van der Waals surface area contributed by atoms with Crippen molar-refractivity contribution in [3.8, 4) is 0 Å². The third-order valence-corrected chi connectivity index (χ3v) is 3.81.